The van der Waals surface area contributed by atoms with E-state index in [1.807, 2.05) is 0 Å². The minimum absolute atomic E-state index is 0.00546. The van der Waals surface area contributed by atoms with Gasteiger partial charge < -0.3 is 9.47 Å². The van der Waals surface area contributed by atoms with E-state index in [1.165, 1.54) is 32.4 Å². The normalized spacial score (nSPS) is 12.7. The molecule has 0 N–H and O–H groups in total. The molecule has 0 fully saturated rings. The zero-order chi connectivity index (χ0) is 14.7. The SMILES string of the molecule is COc1cc(CN=[N+]=[N-])c(OC)c2c1C(=O)C=CC2=O. The minimum Gasteiger partial charge on any atom is -0.496 e. The topological polar surface area (TPSA) is 101 Å². The van der Waals surface area contributed by atoms with Gasteiger partial charge >= 0.3 is 0 Å². The first-order valence-electron chi connectivity index (χ1n) is 5.69. The van der Waals surface area contributed by atoms with Crippen molar-refractivity contribution in [3.8, 4) is 11.5 Å². The van der Waals surface area contributed by atoms with E-state index in [0.717, 1.165) is 0 Å². The number of carbonyl (C=O) groups excluding carboxylic acids is 2. The number of allylic oxidation sites excluding steroid dienone is 2. The van der Waals surface area contributed by atoms with Crippen LogP contribution in [0.15, 0.2) is 23.3 Å². The summed E-state index contributed by atoms with van der Waals surface area (Å²) in [5.41, 5.74) is 9.20. The number of fused-ring (bicyclic) bond motifs is 1. The summed E-state index contributed by atoms with van der Waals surface area (Å²) in [6.07, 6.45) is 2.38. The molecule has 0 unspecified atom stereocenters. The number of ketones is 2. The van der Waals surface area contributed by atoms with Gasteiger partial charge in [0.2, 0.25) is 0 Å². The Morgan fingerprint density at radius 1 is 1.15 bits per heavy atom. The van der Waals surface area contributed by atoms with Crippen LogP contribution in [-0.4, -0.2) is 25.8 Å². The molecule has 1 aliphatic carbocycles. The van der Waals surface area contributed by atoms with E-state index in [1.54, 1.807) is 0 Å². The Balaban J connectivity index is 2.77. The fraction of sp³-hybridized carbons (Fsp3) is 0.231. The smallest absolute Gasteiger partial charge is 0.190 e. The van der Waals surface area contributed by atoms with Gasteiger partial charge in [-0.05, 0) is 23.7 Å². The van der Waals surface area contributed by atoms with Crippen LogP contribution in [0.25, 0.3) is 10.4 Å². The summed E-state index contributed by atoms with van der Waals surface area (Å²) in [6.45, 7) is -0.00546. The zero-order valence-electron chi connectivity index (χ0n) is 10.9. The molecule has 0 amide bonds. The number of azide groups is 1. The predicted octanol–water partition coefficient (Wildman–Crippen LogP) is 2.45. The molecule has 0 atom stereocenters. The monoisotopic (exact) mass is 273 g/mol. The van der Waals surface area contributed by atoms with Gasteiger partial charge in [-0.2, -0.15) is 0 Å². The second-order valence-corrected chi connectivity index (χ2v) is 3.97. The Morgan fingerprint density at radius 3 is 2.35 bits per heavy atom. The molecule has 0 saturated carbocycles. The van der Waals surface area contributed by atoms with Crippen molar-refractivity contribution in [2.24, 2.45) is 5.11 Å². The van der Waals surface area contributed by atoms with Crippen molar-refractivity contribution in [2.75, 3.05) is 14.2 Å². The Kier molecular flexibility index (Phi) is 3.72. The second kappa shape index (κ2) is 5.46. The van der Waals surface area contributed by atoms with Crippen molar-refractivity contribution in [3.63, 3.8) is 0 Å². The van der Waals surface area contributed by atoms with Gasteiger partial charge in [-0.25, -0.2) is 0 Å². The number of carbonyl (C=O) groups is 2. The largest absolute Gasteiger partial charge is 0.496 e. The first kappa shape index (κ1) is 13.6. The summed E-state index contributed by atoms with van der Waals surface area (Å²) in [5.74, 6) is -0.190. The first-order valence-corrected chi connectivity index (χ1v) is 5.69. The van der Waals surface area contributed by atoms with E-state index < -0.39 is 0 Å². The number of nitrogens with zero attached hydrogens (tertiary/aromatic N) is 3. The maximum absolute atomic E-state index is 12.0. The lowest BCUT2D eigenvalue weighted by Crippen LogP contribution is -2.16. The maximum Gasteiger partial charge on any atom is 0.190 e. The maximum atomic E-state index is 12.0. The van der Waals surface area contributed by atoms with Gasteiger partial charge in [-0.3, -0.25) is 9.59 Å². The third kappa shape index (κ3) is 2.10. The van der Waals surface area contributed by atoms with Gasteiger partial charge in [0.1, 0.15) is 11.5 Å². The molecule has 1 aromatic rings. The predicted molar refractivity (Wildman–Crippen MR) is 70.2 cm³/mol. The average Bonchev–Trinajstić information content (AvgIpc) is 2.47. The lowest BCUT2D eigenvalue weighted by Gasteiger charge is -2.19. The summed E-state index contributed by atoms with van der Waals surface area (Å²) in [5, 5.41) is 3.45. The lowest BCUT2D eigenvalue weighted by molar-refractivity contribution is 0.0988. The van der Waals surface area contributed by atoms with Crippen LogP contribution < -0.4 is 9.47 Å². The molecule has 1 aromatic carbocycles. The van der Waals surface area contributed by atoms with Crippen molar-refractivity contribution in [1.29, 1.82) is 0 Å². The molecule has 0 heterocycles. The number of benzene rings is 1. The Bertz CT molecular complexity index is 673. The van der Waals surface area contributed by atoms with Crippen molar-refractivity contribution >= 4 is 11.6 Å². The second-order valence-electron chi connectivity index (χ2n) is 3.97. The van der Waals surface area contributed by atoms with Crippen LogP contribution in [0.3, 0.4) is 0 Å². The van der Waals surface area contributed by atoms with Crippen LogP contribution in [0.2, 0.25) is 0 Å². The van der Waals surface area contributed by atoms with Crippen LogP contribution in [0.5, 0.6) is 11.5 Å². The highest BCUT2D eigenvalue weighted by Crippen LogP contribution is 2.37. The number of rotatable bonds is 4. The molecule has 7 nitrogen and oxygen atoms in total. The van der Waals surface area contributed by atoms with E-state index in [2.05, 4.69) is 10.0 Å². The number of hydrogen-bond acceptors (Lipinski definition) is 5. The first-order chi connectivity index (χ1) is 9.63. The Morgan fingerprint density at radius 2 is 1.80 bits per heavy atom. The van der Waals surface area contributed by atoms with Crippen molar-refractivity contribution < 1.29 is 19.1 Å². The molecule has 0 aliphatic heterocycles. The molecular weight excluding hydrogens is 262 g/mol. The van der Waals surface area contributed by atoms with Crippen LogP contribution in [0.4, 0.5) is 0 Å². The third-order valence-electron chi connectivity index (χ3n) is 2.93. The van der Waals surface area contributed by atoms with Crippen LogP contribution in [0, 0.1) is 0 Å². The number of methoxy groups -OCH3 is 2. The molecule has 7 heteroatoms. The van der Waals surface area contributed by atoms with Crippen molar-refractivity contribution in [2.45, 2.75) is 6.54 Å². The molecule has 20 heavy (non-hydrogen) atoms. The quantitative estimate of drug-likeness (QED) is 0.477. The minimum atomic E-state index is -0.350. The van der Waals surface area contributed by atoms with Crippen LogP contribution >= 0.6 is 0 Å². The van der Waals surface area contributed by atoms with Gasteiger partial charge in [0.05, 0.1) is 31.9 Å². The molecule has 0 aromatic heterocycles. The molecule has 0 bridgehead atoms. The zero-order valence-corrected chi connectivity index (χ0v) is 10.9. The number of hydrogen-bond donors (Lipinski definition) is 0. The van der Waals surface area contributed by atoms with E-state index in [-0.39, 0.29) is 40.7 Å². The average molecular weight is 273 g/mol. The summed E-state index contributed by atoms with van der Waals surface area (Å²) < 4.78 is 10.4. The van der Waals surface area contributed by atoms with Crippen LogP contribution in [0.1, 0.15) is 26.3 Å². The fourth-order valence-electron chi connectivity index (χ4n) is 2.11. The molecule has 0 spiro atoms. The van der Waals surface area contributed by atoms with Gasteiger partial charge in [0, 0.05) is 10.5 Å². The Hall–Kier alpha value is -2.79. The fourth-order valence-corrected chi connectivity index (χ4v) is 2.11. The number of ether oxygens (including phenoxy) is 2. The molecule has 1 aliphatic rings. The van der Waals surface area contributed by atoms with Gasteiger partial charge in [-0.1, -0.05) is 5.11 Å². The van der Waals surface area contributed by atoms with Crippen molar-refractivity contribution in [1.82, 2.24) is 0 Å². The highest BCUT2D eigenvalue weighted by Gasteiger charge is 2.29. The summed E-state index contributed by atoms with van der Waals surface area (Å²) in [7, 11) is 2.78. The molecule has 0 radical (unpaired) electrons. The molecule has 2 rings (SSSR count). The lowest BCUT2D eigenvalue weighted by atomic mass is 9.90. The van der Waals surface area contributed by atoms with E-state index >= 15 is 0 Å². The van der Waals surface area contributed by atoms with Gasteiger partial charge in [0.15, 0.2) is 11.6 Å². The standard InChI is InChI=1S/C13H11N3O4/c1-19-10-5-7(6-15-16-14)13(20-2)12-9(18)4-3-8(17)11(10)12/h3-5H,6H2,1-2H3. The van der Waals surface area contributed by atoms with Crippen molar-refractivity contribution in [3.05, 3.63) is 45.4 Å². The van der Waals surface area contributed by atoms with E-state index in [0.29, 0.717) is 5.56 Å². The van der Waals surface area contributed by atoms with Gasteiger partial charge in [0.25, 0.3) is 0 Å². The van der Waals surface area contributed by atoms with E-state index in [4.69, 9.17) is 15.0 Å². The third-order valence-corrected chi connectivity index (χ3v) is 2.93. The summed E-state index contributed by atoms with van der Waals surface area (Å²) in [4.78, 5) is 26.6. The van der Waals surface area contributed by atoms with Gasteiger partial charge in [-0.15, -0.1) is 0 Å². The van der Waals surface area contributed by atoms with E-state index in [9.17, 15) is 9.59 Å². The Labute approximate surface area is 114 Å². The molecule has 102 valence electrons. The summed E-state index contributed by atoms with van der Waals surface area (Å²) in [6, 6.07) is 1.54. The van der Waals surface area contributed by atoms with Crippen LogP contribution in [-0.2, 0) is 6.54 Å². The highest BCUT2D eigenvalue weighted by molar-refractivity contribution is 6.24. The molecule has 0 saturated heterocycles. The summed E-state index contributed by atoms with van der Waals surface area (Å²) >= 11 is 0. The highest BCUT2D eigenvalue weighted by atomic mass is 16.5. The molecular formula is C13H11N3O4.